The number of ether oxygens (including phenoxy) is 2. The fourth-order valence-electron chi connectivity index (χ4n) is 2.13. The molecule has 0 aliphatic carbocycles. The minimum atomic E-state index is -0.429. The number of nitrogens with one attached hydrogen (secondary N) is 2. The van der Waals surface area contributed by atoms with Crippen LogP contribution in [0.4, 0.5) is 0 Å². The van der Waals surface area contributed by atoms with E-state index in [1.807, 2.05) is 0 Å². The van der Waals surface area contributed by atoms with Crippen LogP contribution in [0, 0.1) is 0 Å². The lowest BCUT2D eigenvalue weighted by molar-refractivity contribution is -0.122. The van der Waals surface area contributed by atoms with Crippen molar-refractivity contribution in [2.75, 3.05) is 14.2 Å². The average Bonchev–Trinajstić information content (AvgIpc) is 3.12. The van der Waals surface area contributed by atoms with Crippen LogP contribution in [0.5, 0.6) is 11.5 Å². The van der Waals surface area contributed by atoms with Gasteiger partial charge in [0.05, 0.1) is 27.0 Å². The molecular weight excluding hydrogens is 324 g/mol. The standard InChI is InChI=1S/C18H20N2O5/c1-12(21)20-15(18(22)19-11-14-5-4-8-25-14)9-13-6-7-16(23-2)17(10-13)24-3/h4-10H,11H2,1-3H3,(H,19,22)(H,20,21). The van der Waals surface area contributed by atoms with Crippen molar-refractivity contribution >= 4 is 17.9 Å². The normalized spacial score (nSPS) is 10.9. The molecule has 0 bridgehead atoms. The zero-order chi connectivity index (χ0) is 18.2. The van der Waals surface area contributed by atoms with E-state index in [2.05, 4.69) is 10.6 Å². The summed E-state index contributed by atoms with van der Waals surface area (Å²) in [4.78, 5) is 23.8. The van der Waals surface area contributed by atoms with Crippen LogP contribution >= 0.6 is 0 Å². The zero-order valence-electron chi connectivity index (χ0n) is 14.3. The lowest BCUT2D eigenvalue weighted by Crippen LogP contribution is -2.33. The van der Waals surface area contributed by atoms with Crippen molar-refractivity contribution in [2.24, 2.45) is 0 Å². The Balaban J connectivity index is 2.21. The molecule has 0 fully saturated rings. The summed E-state index contributed by atoms with van der Waals surface area (Å²) >= 11 is 0. The third-order valence-corrected chi connectivity index (χ3v) is 3.28. The van der Waals surface area contributed by atoms with Crippen LogP contribution in [-0.2, 0) is 16.1 Å². The van der Waals surface area contributed by atoms with Gasteiger partial charge in [-0.05, 0) is 35.9 Å². The van der Waals surface area contributed by atoms with Gasteiger partial charge in [-0.25, -0.2) is 0 Å². The Labute approximate surface area is 145 Å². The van der Waals surface area contributed by atoms with E-state index < -0.39 is 5.91 Å². The van der Waals surface area contributed by atoms with Crippen molar-refractivity contribution in [1.82, 2.24) is 10.6 Å². The molecule has 1 heterocycles. The Hall–Kier alpha value is -3.22. The second-order valence-electron chi connectivity index (χ2n) is 5.12. The van der Waals surface area contributed by atoms with E-state index in [0.717, 1.165) is 0 Å². The number of rotatable bonds is 7. The van der Waals surface area contributed by atoms with Crippen LogP contribution in [0.2, 0.25) is 0 Å². The molecule has 7 heteroatoms. The molecule has 1 aromatic heterocycles. The van der Waals surface area contributed by atoms with Crippen LogP contribution in [0.3, 0.4) is 0 Å². The van der Waals surface area contributed by atoms with Crippen molar-refractivity contribution in [3.05, 3.63) is 53.6 Å². The highest BCUT2D eigenvalue weighted by Gasteiger charge is 2.12. The number of hydrogen-bond acceptors (Lipinski definition) is 5. The second kappa shape index (κ2) is 8.58. The number of carbonyl (C=O) groups excluding carboxylic acids is 2. The first kappa shape index (κ1) is 18.1. The Morgan fingerprint density at radius 1 is 1.16 bits per heavy atom. The number of carbonyl (C=O) groups is 2. The molecule has 2 aromatic rings. The van der Waals surface area contributed by atoms with Crippen LogP contribution in [0.25, 0.3) is 6.08 Å². The highest BCUT2D eigenvalue weighted by Crippen LogP contribution is 2.28. The predicted octanol–water partition coefficient (Wildman–Crippen LogP) is 2.09. The molecule has 2 amide bonds. The van der Waals surface area contributed by atoms with Gasteiger partial charge in [-0.3, -0.25) is 9.59 Å². The molecule has 0 saturated heterocycles. The van der Waals surface area contributed by atoms with Gasteiger partial charge in [0.1, 0.15) is 11.5 Å². The summed E-state index contributed by atoms with van der Waals surface area (Å²) < 4.78 is 15.6. The Morgan fingerprint density at radius 3 is 2.52 bits per heavy atom. The zero-order valence-corrected chi connectivity index (χ0v) is 14.3. The molecule has 0 radical (unpaired) electrons. The summed E-state index contributed by atoms with van der Waals surface area (Å²) in [6.45, 7) is 1.55. The van der Waals surface area contributed by atoms with Gasteiger partial charge in [0.25, 0.3) is 5.91 Å². The predicted molar refractivity (Wildman–Crippen MR) is 91.9 cm³/mol. The highest BCUT2D eigenvalue weighted by molar-refractivity contribution is 6.00. The Kier molecular flexibility index (Phi) is 6.22. The van der Waals surface area contributed by atoms with Crippen LogP contribution in [0.15, 0.2) is 46.7 Å². The van der Waals surface area contributed by atoms with Crippen LogP contribution < -0.4 is 20.1 Å². The molecule has 7 nitrogen and oxygen atoms in total. The molecule has 25 heavy (non-hydrogen) atoms. The average molecular weight is 344 g/mol. The second-order valence-corrected chi connectivity index (χ2v) is 5.12. The van der Waals surface area contributed by atoms with Crippen LogP contribution in [0.1, 0.15) is 18.2 Å². The molecule has 0 spiro atoms. The summed E-state index contributed by atoms with van der Waals surface area (Å²) in [6, 6.07) is 8.66. The number of hydrogen-bond donors (Lipinski definition) is 2. The molecule has 0 unspecified atom stereocenters. The lowest BCUT2D eigenvalue weighted by Gasteiger charge is -2.11. The molecule has 1 aromatic carbocycles. The van der Waals surface area contributed by atoms with E-state index in [-0.39, 0.29) is 18.1 Å². The Bertz CT molecular complexity index is 766. The molecule has 0 atom stereocenters. The third-order valence-electron chi connectivity index (χ3n) is 3.28. The molecule has 0 aliphatic heterocycles. The maximum Gasteiger partial charge on any atom is 0.268 e. The monoisotopic (exact) mass is 344 g/mol. The maximum absolute atomic E-state index is 12.4. The van der Waals surface area contributed by atoms with Gasteiger partial charge in [0.15, 0.2) is 11.5 Å². The van der Waals surface area contributed by atoms with Crippen molar-refractivity contribution in [2.45, 2.75) is 13.5 Å². The van der Waals surface area contributed by atoms with Crippen molar-refractivity contribution in [3.63, 3.8) is 0 Å². The third kappa shape index (κ3) is 5.13. The van der Waals surface area contributed by atoms with Gasteiger partial charge in [-0.15, -0.1) is 0 Å². The van der Waals surface area contributed by atoms with E-state index >= 15 is 0 Å². The minimum Gasteiger partial charge on any atom is -0.493 e. The van der Waals surface area contributed by atoms with Crippen molar-refractivity contribution in [3.8, 4) is 11.5 Å². The van der Waals surface area contributed by atoms with Gasteiger partial charge in [0, 0.05) is 6.92 Å². The molecule has 2 N–H and O–H groups in total. The smallest absolute Gasteiger partial charge is 0.268 e. The summed E-state index contributed by atoms with van der Waals surface area (Å²) in [5, 5.41) is 5.22. The van der Waals surface area contributed by atoms with Gasteiger partial charge >= 0.3 is 0 Å². The van der Waals surface area contributed by atoms with E-state index in [0.29, 0.717) is 22.8 Å². The van der Waals surface area contributed by atoms with Crippen molar-refractivity contribution in [1.29, 1.82) is 0 Å². The van der Waals surface area contributed by atoms with Gasteiger partial charge in [-0.2, -0.15) is 0 Å². The summed E-state index contributed by atoms with van der Waals surface area (Å²) in [5.41, 5.74) is 0.792. The van der Waals surface area contributed by atoms with E-state index in [4.69, 9.17) is 13.9 Å². The first-order valence-corrected chi connectivity index (χ1v) is 7.55. The number of amides is 2. The summed E-state index contributed by atoms with van der Waals surface area (Å²) in [5.74, 6) is 0.931. The number of methoxy groups -OCH3 is 2. The fraction of sp³-hybridized carbons (Fsp3) is 0.222. The maximum atomic E-state index is 12.4. The van der Waals surface area contributed by atoms with Crippen LogP contribution in [-0.4, -0.2) is 26.0 Å². The van der Waals surface area contributed by atoms with E-state index in [9.17, 15) is 9.59 Å². The largest absolute Gasteiger partial charge is 0.493 e. The van der Waals surface area contributed by atoms with Gasteiger partial charge < -0.3 is 24.5 Å². The summed E-state index contributed by atoms with van der Waals surface area (Å²) in [7, 11) is 3.06. The van der Waals surface area contributed by atoms with Crippen molar-refractivity contribution < 1.29 is 23.5 Å². The topological polar surface area (TPSA) is 89.8 Å². The first-order chi connectivity index (χ1) is 12.0. The first-order valence-electron chi connectivity index (χ1n) is 7.55. The molecular formula is C18H20N2O5. The molecule has 2 rings (SSSR count). The summed E-state index contributed by atoms with van der Waals surface area (Å²) in [6.07, 6.45) is 3.08. The highest BCUT2D eigenvalue weighted by atomic mass is 16.5. The van der Waals surface area contributed by atoms with Gasteiger partial charge in [0.2, 0.25) is 5.91 Å². The fourth-order valence-corrected chi connectivity index (χ4v) is 2.13. The quantitative estimate of drug-likeness (QED) is 0.751. The molecule has 0 aliphatic rings. The van der Waals surface area contributed by atoms with E-state index in [1.54, 1.807) is 36.4 Å². The van der Waals surface area contributed by atoms with Gasteiger partial charge in [-0.1, -0.05) is 6.07 Å². The number of benzene rings is 1. The number of furan rings is 1. The lowest BCUT2D eigenvalue weighted by atomic mass is 10.1. The molecule has 132 valence electrons. The van der Waals surface area contributed by atoms with E-state index in [1.165, 1.54) is 27.4 Å². The SMILES string of the molecule is COc1ccc(C=C(NC(C)=O)C(=O)NCc2ccco2)cc1OC. The minimum absolute atomic E-state index is 0.117. The molecule has 0 saturated carbocycles. The Morgan fingerprint density at radius 2 is 1.92 bits per heavy atom.